The molecule has 0 atom stereocenters. The van der Waals surface area contributed by atoms with Gasteiger partial charge in [0.2, 0.25) is 0 Å². The lowest BCUT2D eigenvalue weighted by Crippen LogP contribution is -2.39. The number of rotatable bonds is 6. The van der Waals surface area contributed by atoms with Gasteiger partial charge in [0.1, 0.15) is 0 Å². The van der Waals surface area contributed by atoms with Crippen molar-refractivity contribution in [1.29, 1.82) is 0 Å². The van der Waals surface area contributed by atoms with Gasteiger partial charge in [-0.05, 0) is 31.6 Å². The Labute approximate surface area is 112 Å². The van der Waals surface area contributed by atoms with Crippen molar-refractivity contribution in [3.63, 3.8) is 0 Å². The number of hydrogen-bond donors (Lipinski definition) is 0. The van der Waals surface area contributed by atoms with Crippen molar-refractivity contribution in [2.75, 3.05) is 47.9 Å². The quantitative estimate of drug-likeness (QED) is 0.413. The van der Waals surface area contributed by atoms with Crippen LogP contribution in [0.15, 0.2) is 4.99 Å². The average molecular weight is 255 g/mol. The first-order chi connectivity index (χ1) is 8.51. The summed E-state index contributed by atoms with van der Waals surface area (Å²) in [6.45, 7) is 4.69. The van der Waals surface area contributed by atoms with Crippen molar-refractivity contribution >= 4 is 5.96 Å². The fourth-order valence-electron chi connectivity index (χ4n) is 2.52. The Morgan fingerprint density at radius 2 is 1.78 bits per heavy atom. The summed E-state index contributed by atoms with van der Waals surface area (Å²) in [6, 6.07) is 0. The van der Waals surface area contributed by atoms with E-state index in [2.05, 4.69) is 16.7 Å². The molecule has 0 unspecified atom stereocenters. The monoisotopic (exact) mass is 255 g/mol. The Kier molecular flexibility index (Phi) is 5.93. The van der Waals surface area contributed by atoms with E-state index in [4.69, 9.17) is 9.73 Å². The zero-order valence-electron chi connectivity index (χ0n) is 12.7. The predicted molar refractivity (Wildman–Crippen MR) is 77.1 cm³/mol. The summed E-state index contributed by atoms with van der Waals surface area (Å²) in [5.74, 6) is 1.05. The van der Waals surface area contributed by atoms with Crippen LogP contribution in [0.3, 0.4) is 0 Å². The number of hydrogen-bond acceptors (Lipinski definition) is 2. The van der Waals surface area contributed by atoms with Gasteiger partial charge in [-0.1, -0.05) is 6.42 Å². The highest BCUT2D eigenvalue weighted by atomic mass is 16.5. The highest BCUT2D eigenvalue weighted by Gasteiger charge is 2.36. The highest BCUT2D eigenvalue weighted by molar-refractivity contribution is 5.79. The Morgan fingerprint density at radius 3 is 2.17 bits per heavy atom. The SMILES string of the molecule is CCOCCC1(CN=C(N(C)C)N(C)C)CCC1. The summed E-state index contributed by atoms with van der Waals surface area (Å²) in [4.78, 5) is 8.97. The first-order valence-electron chi connectivity index (χ1n) is 6.97. The van der Waals surface area contributed by atoms with Gasteiger partial charge in [0.15, 0.2) is 5.96 Å². The first-order valence-corrected chi connectivity index (χ1v) is 6.97. The number of guanidine groups is 1. The van der Waals surface area contributed by atoms with Gasteiger partial charge < -0.3 is 14.5 Å². The summed E-state index contributed by atoms with van der Waals surface area (Å²) in [5, 5.41) is 0. The molecule has 1 rings (SSSR count). The van der Waals surface area contributed by atoms with Crippen LogP contribution in [0.25, 0.3) is 0 Å². The van der Waals surface area contributed by atoms with Crippen molar-refractivity contribution in [3.8, 4) is 0 Å². The third-order valence-electron chi connectivity index (χ3n) is 3.75. The van der Waals surface area contributed by atoms with E-state index in [0.29, 0.717) is 5.41 Å². The van der Waals surface area contributed by atoms with E-state index < -0.39 is 0 Å². The fourth-order valence-corrected chi connectivity index (χ4v) is 2.52. The maximum absolute atomic E-state index is 5.50. The molecule has 18 heavy (non-hydrogen) atoms. The molecule has 0 aromatic rings. The Hall–Kier alpha value is -0.770. The van der Waals surface area contributed by atoms with Crippen molar-refractivity contribution in [1.82, 2.24) is 9.80 Å². The zero-order valence-corrected chi connectivity index (χ0v) is 12.7. The smallest absolute Gasteiger partial charge is 0.195 e. The van der Waals surface area contributed by atoms with Crippen LogP contribution in [0.5, 0.6) is 0 Å². The minimum Gasteiger partial charge on any atom is -0.382 e. The van der Waals surface area contributed by atoms with Crippen LogP contribution in [0, 0.1) is 5.41 Å². The number of aliphatic imine (C=N–C) groups is 1. The van der Waals surface area contributed by atoms with E-state index in [0.717, 1.165) is 32.1 Å². The van der Waals surface area contributed by atoms with E-state index in [1.54, 1.807) is 0 Å². The molecule has 0 aliphatic heterocycles. The first kappa shape index (κ1) is 15.3. The van der Waals surface area contributed by atoms with Gasteiger partial charge >= 0.3 is 0 Å². The lowest BCUT2D eigenvalue weighted by Gasteiger charge is -2.41. The maximum Gasteiger partial charge on any atom is 0.195 e. The molecule has 0 radical (unpaired) electrons. The van der Waals surface area contributed by atoms with E-state index >= 15 is 0 Å². The van der Waals surface area contributed by atoms with Gasteiger partial charge in [-0.15, -0.1) is 0 Å². The second-order valence-electron chi connectivity index (χ2n) is 5.71. The van der Waals surface area contributed by atoms with Gasteiger partial charge in [0.05, 0.1) is 0 Å². The number of nitrogens with zero attached hydrogens (tertiary/aromatic N) is 3. The molecule has 0 saturated heterocycles. The third-order valence-corrected chi connectivity index (χ3v) is 3.75. The minimum atomic E-state index is 0.409. The molecule has 4 heteroatoms. The van der Waals surface area contributed by atoms with Gasteiger partial charge in [-0.25, -0.2) is 0 Å². The molecule has 1 aliphatic carbocycles. The molecule has 0 aromatic heterocycles. The van der Waals surface area contributed by atoms with Crippen LogP contribution >= 0.6 is 0 Å². The van der Waals surface area contributed by atoms with E-state index in [1.807, 2.05) is 28.2 Å². The normalized spacial score (nSPS) is 16.9. The molecular weight excluding hydrogens is 226 g/mol. The summed E-state index contributed by atoms with van der Waals surface area (Å²) < 4.78 is 5.50. The van der Waals surface area contributed by atoms with Crippen LogP contribution < -0.4 is 0 Å². The lowest BCUT2D eigenvalue weighted by molar-refractivity contribution is 0.0606. The zero-order chi connectivity index (χ0) is 13.6. The Morgan fingerprint density at radius 1 is 1.17 bits per heavy atom. The van der Waals surface area contributed by atoms with E-state index in [-0.39, 0.29) is 0 Å². The molecule has 0 spiro atoms. The minimum absolute atomic E-state index is 0.409. The summed E-state index contributed by atoms with van der Waals surface area (Å²) in [5.41, 5.74) is 0.409. The van der Waals surface area contributed by atoms with Crippen molar-refractivity contribution in [3.05, 3.63) is 0 Å². The maximum atomic E-state index is 5.50. The molecule has 4 nitrogen and oxygen atoms in total. The molecule has 1 aliphatic rings. The van der Waals surface area contributed by atoms with Crippen LogP contribution in [0.4, 0.5) is 0 Å². The van der Waals surface area contributed by atoms with E-state index in [9.17, 15) is 0 Å². The fraction of sp³-hybridized carbons (Fsp3) is 0.929. The molecule has 106 valence electrons. The van der Waals surface area contributed by atoms with Crippen LogP contribution in [-0.4, -0.2) is 63.7 Å². The topological polar surface area (TPSA) is 28.1 Å². The average Bonchev–Trinajstić information content (AvgIpc) is 2.24. The van der Waals surface area contributed by atoms with Crippen LogP contribution in [-0.2, 0) is 4.74 Å². The molecular formula is C14H29N3O. The van der Waals surface area contributed by atoms with Gasteiger partial charge in [-0.3, -0.25) is 4.99 Å². The lowest BCUT2D eigenvalue weighted by atomic mass is 9.67. The number of ether oxygens (including phenoxy) is 1. The second kappa shape index (κ2) is 6.98. The van der Waals surface area contributed by atoms with Gasteiger partial charge in [0, 0.05) is 47.9 Å². The predicted octanol–water partition coefficient (Wildman–Crippen LogP) is 2.06. The van der Waals surface area contributed by atoms with Gasteiger partial charge in [0.25, 0.3) is 0 Å². The van der Waals surface area contributed by atoms with Gasteiger partial charge in [-0.2, -0.15) is 0 Å². The van der Waals surface area contributed by atoms with Crippen molar-refractivity contribution in [2.45, 2.75) is 32.6 Å². The summed E-state index contributed by atoms with van der Waals surface area (Å²) in [7, 11) is 8.19. The second-order valence-corrected chi connectivity index (χ2v) is 5.71. The molecule has 0 bridgehead atoms. The largest absolute Gasteiger partial charge is 0.382 e. The summed E-state index contributed by atoms with van der Waals surface area (Å²) >= 11 is 0. The van der Waals surface area contributed by atoms with Crippen molar-refractivity contribution in [2.24, 2.45) is 10.4 Å². The molecule has 0 aromatic carbocycles. The van der Waals surface area contributed by atoms with E-state index in [1.165, 1.54) is 19.3 Å². The molecule has 1 fully saturated rings. The summed E-state index contributed by atoms with van der Waals surface area (Å²) in [6.07, 6.45) is 5.11. The Bertz CT molecular complexity index is 260. The Balaban J connectivity index is 2.54. The third kappa shape index (κ3) is 4.16. The van der Waals surface area contributed by atoms with Crippen LogP contribution in [0.2, 0.25) is 0 Å². The molecule has 0 amide bonds. The van der Waals surface area contributed by atoms with Crippen molar-refractivity contribution < 1.29 is 4.74 Å². The molecule has 0 heterocycles. The molecule has 0 N–H and O–H groups in total. The highest BCUT2D eigenvalue weighted by Crippen LogP contribution is 2.44. The molecule has 1 saturated carbocycles. The standard InChI is InChI=1S/C14H29N3O/c1-6-18-11-10-14(8-7-9-14)12-15-13(16(2)3)17(4)5/h6-12H2,1-5H3. The van der Waals surface area contributed by atoms with Crippen LogP contribution in [0.1, 0.15) is 32.6 Å².